The minimum atomic E-state index is -1.27. The Kier molecular flexibility index (Phi) is 7.44. The summed E-state index contributed by atoms with van der Waals surface area (Å²) in [7, 11) is 0. The lowest BCUT2D eigenvalue weighted by molar-refractivity contribution is -0.174. The van der Waals surface area contributed by atoms with Crippen molar-refractivity contribution in [1.82, 2.24) is 5.32 Å². The Morgan fingerprint density at radius 1 is 1.04 bits per heavy atom. The molecule has 0 aliphatic carbocycles. The van der Waals surface area contributed by atoms with Crippen molar-refractivity contribution in [3.05, 3.63) is 35.9 Å². The highest BCUT2D eigenvalue weighted by molar-refractivity contribution is 6.00. The second-order valence-electron chi connectivity index (χ2n) is 6.58. The molecule has 1 aromatic rings. The van der Waals surface area contributed by atoms with Gasteiger partial charge in [-0.1, -0.05) is 30.3 Å². The Morgan fingerprint density at radius 2 is 1.60 bits per heavy atom. The zero-order valence-corrected chi connectivity index (χ0v) is 15.3. The van der Waals surface area contributed by atoms with Crippen LogP contribution in [0.1, 0.15) is 38.7 Å². The van der Waals surface area contributed by atoms with Crippen LogP contribution in [0.4, 0.5) is 0 Å². The SMILES string of the molecule is CCOC(=O)C(Cc1ccccc1)(CC1CCNCC1)C(=O)OCC. The highest BCUT2D eigenvalue weighted by atomic mass is 16.6. The van der Waals surface area contributed by atoms with Crippen molar-refractivity contribution in [3.8, 4) is 0 Å². The minimum absolute atomic E-state index is 0.251. The molecule has 1 aromatic carbocycles. The van der Waals surface area contributed by atoms with E-state index in [2.05, 4.69) is 5.32 Å². The van der Waals surface area contributed by atoms with Crippen LogP contribution < -0.4 is 5.32 Å². The maximum atomic E-state index is 12.9. The molecule has 5 nitrogen and oxygen atoms in total. The molecule has 25 heavy (non-hydrogen) atoms. The van der Waals surface area contributed by atoms with E-state index in [0.717, 1.165) is 31.5 Å². The lowest BCUT2D eigenvalue weighted by Crippen LogP contribution is -2.46. The highest BCUT2D eigenvalue weighted by Crippen LogP contribution is 2.37. The third kappa shape index (κ3) is 5.05. The van der Waals surface area contributed by atoms with Gasteiger partial charge in [-0.3, -0.25) is 9.59 Å². The zero-order valence-electron chi connectivity index (χ0n) is 15.3. The third-order valence-electron chi connectivity index (χ3n) is 4.78. The summed E-state index contributed by atoms with van der Waals surface area (Å²) in [5.74, 6) is -0.620. The Labute approximate surface area is 150 Å². The summed E-state index contributed by atoms with van der Waals surface area (Å²) in [5, 5.41) is 3.33. The van der Waals surface area contributed by atoms with Crippen LogP contribution in [-0.4, -0.2) is 38.2 Å². The van der Waals surface area contributed by atoms with Crippen LogP contribution in [0.2, 0.25) is 0 Å². The van der Waals surface area contributed by atoms with Crippen LogP contribution >= 0.6 is 0 Å². The van der Waals surface area contributed by atoms with Gasteiger partial charge < -0.3 is 14.8 Å². The van der Waals surface area contributed by atoms with Crippen LogP contribution in [0.5, 0.6) is 0 Å². The maximum Gasteiger partial charge on any atom is 0.323 e. The number of nitrogens with one attached hydrogen (secondary N) is 1. The zero-order chi connectivity index (χ0) is 18.1. The van der Waals surface area contributed by atoms with Crippen molar-refractivity contribution >= 4 is 11.9 Å². The van der Waals surface area contributed by atoms with E-state index < -0.39 is 17.4 Å². The molecule has 0 aromatic heterocycles. The number of hydrogen-bond donors (Lipinski definition) is 1. The average Bonchev–Trinajstić information content (AvgIpc) is 2.63. The molecule has 0 saturated carbocycles. The van der Waals surface area contributed by atoms with Gasteiger partial charge in [-0.05, 0) is 64.1 Å². The molecule has 138 valence electrons. The van der Waals surface area contributed by atoms with E-state index >= 15 is 0 Å². The van der Waals surface area contributed by atoms with Crippen LogP contribution in [0.15, 0.2) is 30.3 Å². The molecule has 1 aliphatic heterocycles. The first-order chi connectivity index (χ1) is 12.1. The summed E-state index contributed by atoms with van der Waals surface area (Å²) < 4.78 is 10.7. The molecule has 1 fully saturated rings. The monoisotopic (exact) mass is 347 g/mol. The summed E-state index contributed by atoms with van der Waals surface area (Å²) in [6.07, 6.45) is 2.70. The smallest absolute Gasteiger partial charge is 0.323 e. The lowest BCUT2D eigenvalue weighted by atomic mass is 9.72. The van der Waals surface area contributed by atoms with E-state index in [4.69, 9.17) is 9.47 Å². The molecular weight excluding hydrogens is 318 g/mol. The average molecular weight is 347 g/mol. The molecule has 1 saturated heterocycles. The van der Waals surface area contributed by atoms with Crippen LogP contribution in [0.25, 0.3) is 0 Å². The molecule has 0 spiro atoms. The van der Waals surface area contributed by atoms with Gasteiger partial charge in [-0.25, -0.2) is 0 Å². The molecule has 0 atom stereocenters. The normalized spacial score (nSPS) is 15.6. The summed E-state index contributed by atoms with van der Waals surface area (Å²) in [6.45, 7) is 5.86. The summed E-state index contributed by atoms with van der Waals surface area (Å²) in [4.78, 5) is 25.8. The van der Waals surface area contributed by atoms with Crippen LogP contribution in [0, 0.1) is 11.3 Å². The quantitative estimate of drug-likeness (QED) is 0.579. The fraction of sp³-hybridized carbons (Fsp3) is 0.600. The molecule has 1 heterocycles. The van der Waals surface area contributed by atoms with Gasteiger partial charge in [-0.15, -0.1) is 0 Å². The number of esters is 2. The molecule has 0 unspecified atom stereocenters. The molecule has 1 N–H and O–H groups in total. The lowest BCUT2D eigenvalue weighted by Gasteiger charge is -2.34. The Bertz CT molecular complexity index is 534. The number of ether oxygens (including phenoxy) is 2. The predicted molar refractivity (Wildman–Crippen MR) is 96.1 cm³/mol. The fourth-order valence-electron chi connectivity index (χ4n) is 3.53. The molecule has 0 amide bonds. The van der Waals surface area contributed by atoms with E-state index in [1.165, 1.54) is 0 Å². The van der Waals surface area contributed by atoms with Gasteiger partial charge in [0.15, 0.2) is 5.41 Å². The van der Waals surface area contributed by atoms with Gasteiger partial charge in [0.2, 0.25) is 0 Å². The summed E-state index contributed by atoms with van der Waals surface area (Å²) in [6, 6.07) is 9.64. The maximum absolute atomic E-state index is 12.9. The molecule has 2 rings (SSSR count). The van der Waals surface area contributed by atoms with Crippen molar-refractivity contribution in [2.75, 3.05) is 26.3 Å². The number of hydrogen-bond acceptors (Lipinski definition) is 5. The van der Waals surface area contributed by atoms with E-state index in [0.29, 0.717) is 18.8 Å². The molecular formula is C20H29NO4. The Hall–Kier alpha value is -1.88. The first-order valence-electron chi connectivity index (χ1n) is 9.21. The second kappa shape index (κ2) is 9.56. The van der Waals surface area contributed by atoms with E-state index in [9.17, 15) is 9.59 Å². The Morgan fingerprint density at radius 3 is 2.12 bits per heavy atom. The fourth-order valence-corrected chi connectivity index (χ4v) is 3.53. The highest BCUT2D eigenvalue weighted by Gasteiger charge is 2.50. The van der Waals surface area contributed by atoms with Gasteiger partial charge >= 0.3 is 11.9 Å². The number of benzene rings is 1. The first kappa shape index (κ1) is 19.4. The van der Waals surface area contributed by atoms with E-state index in [1.807, 2.05) is 30.3 Å². The van der Waals surface area contributed by atoms with E-state index in [-0.39, 0.29) is 13.2 Å². The van der Waals surface area contributed by atoms with Crippen molar-refractivity contribution in [2.45, 2.75) is 39.5 Å². The first-order valence-corrected chi connectivity index (χ1v) is 9.21. The van der Waals surface area contributed by atoms with E-state index in [1.54, 1.807) is 13.8 Å². The van der Waals surface area contributed by atoms with Crippen molar-refractivity contribution < 1.29 is 19.1 Å². The van der Waals surface area contributed by atoms with Gasteiger partial charge in [-0.2, -0.15) is 0 Å². The standard InChI is InChI=1S/C20H29NO4/c1-3-24-18(22)20(19(23)25-4-2,14-16-8-6-5-7-9-16)15-17-10-12-21-13-11-17/h5-9,17,21H,3-4,10-15H2,1-2H3. The van der Waals surface area contributed by atoms with Crippen molar-refractivity contribution in [2.24, 2.45) is 11.3 Å². The van der Waals surface area contributed by atoms with Gasteiger partial charge in [0.05, 0.1) is 13.2 Å². The van der Waals surface area contributed by atoms with Gasteiger partial charge in [0.25, 0.3) is 0 Å². The van der Waals surface area contributed by atoms with Crippen molar-refractivity contribution in [3.63, 3.8) is 0 Å². The summed E-state index contributed by atoms with van der Waals surface area (Å²) in [5.41, 5.74) is -0.326. The van der Waals surface area contributed by atoms with Gasteiger partial charge in [0, 0.05) is 0 Å². The van der Waals surface area contributed by atoms with Gasteiger partial charge in [0.1, 0.15) is 0 Å². The van der Waals surface area contributed by atoms with Crippen LogP contribution in [-0.2, 0) is 25.5 Å². The molecule has 1 aliphatic rings. The number of carbonyl (C=O) groups is 2. The molecule has 0 radical (unpaired) electrons. The molecule has 0 bridgehead atoms. The van der Waals surface area contributed by atoms with Crippen molar-refractivity contribution in [1.29, 1.82) is 0 Å². The predicted octanol–water partition coefficient (Wildman–Crippen LogP) is 2.73. The Balaban J connectivity index is 2.35. The number of rotatable bonds is 8. The second-order valence-corrected chi connectivity index (χ2v) is 6.58. The topological polar surface area (TPSA) is 64.6 Å². The summed E-state index contributed by atoms with van der Waals surface area (Å²) >= 11 is 0. The van der Waals surface area contributed by atoms with Crippen LogP contribution in [0.3, 0.4) is 0 Å². The minimum Gasteiger partial charge on any atom is -0.465 e. The number of carbonyl (C=O) groups excluding carboxylic acids is 2. The largest absolute Gasteiger partial charge is 0.465 e. The molecule has 5 heteroatoms. The third-order valence-corrected chi connectivity index (χ3v) is 4.78. The number of piperidine rings is 1.